The van der Waals surface area contributed by atoms with Crippen molar-refractivity contribution in [3.8, 4) is 0 Å². The minimum atomic E-state index is -2.77. The molecule has 0 radical (unpaired) electrons. The van der Waals surface area contributed by atoms with E-state index in [0.29, 0.717) is 24.4 Å². The lowest BCUT2D eigenvalue weighted by Crippen LogP contribution is -2.63. The Balaban J connectivity index is 1.60. The van der Waals surface area contributed by atoms with E-state index in [1.165, 1.54) is 13.1 Å². The Bertz CT molecular complexity index is 642. The minimum absolute atomic E-state index is 0.124. The molecule has 1 aromatic heterocycles. The molecule has 1 atom stereocenters. The van der Waals surface area contributed by atoms with E-state index in [1.807, 2.05) is 0 Å². The van der Waals surface area contributed by atoms with Gasteiger partial charge >= 0.3 is 0 Å². The fraction of sp³-hybridized carbons (Fsp3) is 0.667. The Morgan fingerprint density at radius 2 is 2.17 bits per heavy atom. The van der Waals surface area contributed by atoms with Crippen LogP contribution in [0.4, 0.5) is 8.78 Å². The van der Waals surface area contributed by atoms with E-state index in [9.17, 15) is 18.4 Å². The van der Waals surface area contributed by atoms with Gasteiger partial charge in [-0.1, -0.05) is 5.16 Å². The number of alkyl halides is 2. The summed E-state index contributed by atoms with van der Waals surface area (Å²) in [6.07, 6.45) is 1.09. The van der Waals surface area contributed by atoms with Crippen LogP contribution < -0.4 is 5.32 Å². The predicted molar refractivity (Wildman–Crippen MR) is 79.7 cm³/mol. The van der Waals surface area contributed by atoms with Gasteiger partial charge in [-0.2, -0.15) is 0 Å². The first-order chi connectivity index (χ1) is 11.3. The molecule has 2 aliphatic rings. The molecule has 2 saturated heterocycles. The minimum Gasteiger partial charge on any atom is -0.361 e. The van der Waals surface area contributed by atoms with Gasteiger partial charge in [-0.05, 0) is 6.92 Å². The Kier molecular flexibility index (Phi) is 4.29. The maximum atomic E-state index is 13.8. The van der Waals surface area contributed by atoms with Gasteiger partial charge in [0.05, 0.1) is 12.7 Å². The number of likely N-dealkylation sites (tertiary alicyclic amines) is 2. The molecule has 0 saturated carbocycles. The predicted octanol–water partition coefficient (Wildman–Crippen LogP) is 0.653. The second-order valence-electron chi connectivity index (χ2n) is 6.48. The van der Waals surface area contributed by atoms with Crippen LogP contribution in [0.1, 0.15) is 29.5 Å². The maximum absolute atomic E-state index is 13.8. The molecule has 24 heavy (non-hydrogen) atoms. The number of amides is 2. The Labute approximate surface area is 137 Å². The molecule has 2 fully saturated rings. The van der Waals surface area contributed by atoms with Crippen molar-refractivity contribution in [1.29, 1.82) is 0 Å². The number of aromatic nitrogens is 1. The summed E-state index contributed by atoms with van der Waals surface area (Å²) < 4.78 is 32.4. The lowest BCUT2D eigenvalue weighted by molar-refractivity contribution is -0.119. The van der Waals surface area contributed by atoms with E-state index in [-0.39, 0.29) is 37.4 Å². The molecule has 0 aromatic carbocycles. The first-order valence-corrected chi connectivity index (χ1v) is 7.85. The molecule has 7 nitrogen and oxygen atoms in total. The fourth-order valence-electron chi connectivity index (χ4n) is 3.31. The highest BCUT2D eigenvalue weighted by atomic mass is 19.3. The highest BCUT2D eigenvalue weighted by molar-refractivity contribution is 5.95. The SMILES string of the molecule is CC(=O)NCC1CC(F)(F)CN1C1CN(C(=O)c2cnoc2C)C1. The highest BCUT2D eigenvalue weighted by Crippen LogP contribution is 2.35. The molecule has 9 heteroatoms. The number of hydrogen-bond acceptors (Lipinski definition) is 5. The molecular weight excluding hydrogens is 322 g/mol. The molecule has 3 rings (SSSR count). The zero-order valence-electron chi connectivity index (χ0n) is 13.6. The average Bonchev–Trinajstić information content (AvgIpc) is 2.98. The van der Waals surface area contributed by atoms with E-state index >= 15 is 0 Å². The number of aryl methyl sites for hydroxylation is 1. The van der Waals surface area contributed by atoms with Crippen LogP contribution in [-0.2, 0) is 4.79 Å². The van der Waals surface area contributed by atoms with Gasteiger partial charge in [-0.25, -0.2) is 8.78 Å². The van der Waals surface area contributed by atoms with Gasteiger partial charge in [0, 0.05) is 45.1 Å². The third kappa shape index (κ3) is 3.26. The van der Waals surface area contributed by atoms with Gasteiger partial charge in [-0.3, -0.25) is 14.5 Å². The molecule has 0 aliphatic carbocycles. The summed E-state index contributed by atoms with van der Waals surface area (Å²) in [5.41, 5.74) is 0.398. The molecule has 0 spiro atoms. The van der Waals surface area contributed by atoms with Gasteiger partial charge in [0.25, 0.3) is 11.8 Å². The normalized spacial score (nSPS) is 24.0. The molecule has 0 bridgehead atoms. The smallest absolute Gasteiger partial charge is 0.262 e. The van der Waals surface area contributed by atoms with E-state index in [0.717, 1.165) is 0 Å². The second kappa shape index (κ2) is 6.12. The number of nitrogens with one attached hydrogen (secondary N) is 1. The van der Waals surface area contributed by atoms with Crippen molar-refractivity contribution < 1.29 is 22.9 Å². The highest BCUT2D eigenvalue weighted by Gasteiger charge is 2.50. The molecule has 1 unspecified atom stereocenters. The van der Waals surface area contributed by atoms with E-state index < -0.39 is 12.0 Å². The summed E-state index contributed by atoms with van der Waals surface area (Å²) in [5, 5.41) is 6.19. The van der Waals surface area contributed by atoms with Crippen LogP contribution in [0, 0.1) is 6.92 Å². The van der Waals surface area contributed by atoms with Crippen molar-refractivity contribution in [3.05, 3.63) is 17.5 Å². The third-order valence-electron chi connectivity index (χ3n) is 4.60. The monoisotopic (exact) mass is 342 g/mol. The van der Waals surface area contributed by atoms with E-state index in [1.54, 1.807) is 16.7 Å². The summed E-state index contributed by atoms with van der Waals surface area (Å²) in [5.74, 6) is -2.76. The topological polar surface area (TPSA) is 78.7 Å². The van der Waals surface area contributed by atoms with Crippen LogP contribution in [0.25, 0.3) is 0 Å². The second-order valence-corrected chi connectivity index (χ2v) is 6.48. The molecule has 2 amide bonds. The van der Waals surface area contributed by atoms with Crippen molar-refractivity contribution in [3.63, 3.8) is 0 Å². The van der Waals surface area contributed by atoms with Crippen LogP contribution in [0.2, 0.25) is 0 Å². The molecule has 132 valence electrons. The maximum Gasteiger partial charge on any atom is 0.262 e. The van der Waals surface area contributed by atoms with Crippen molar-refractivity contribution in [2.75, 3.05) is 26.2 Å². The van der Waals surface area contributed by atoms with Crippen molar-refractivity contribution in [1.82, 2.24) is 20.3 Å². The van der Waals surface area contributed by atoms with Crippen molar-refractivity contribution in [2.24, 2.45) is 0 Å². The van der Waals surface area contributed by atoms with Crippen molar-refractivity contribution >= 4 is 11.8 Å². The van der Waals surface area contributed by atoms with Crippen LogP contribution in [0.3, 0.4) is 0 Å². The summed E-state index contributed by atoms with van der Waals surface area (Å²) in [7, 11) is 0. The zero-order chi connectivity index (χ0) is 17.5. The Morgan fingerprint density at radius 3 is 2.75 bits per heavy atom. The van der Waals surface area contributed by atoms with E-state index in [2.05, 4.69) is 10.5 Å². The average molecular weight is 342 g/mol. The van der Waals surface area contributed by atoms with Crippen LogP contribution >= 0.6 is 0 Å². The van der Waals surface area contributed by atoms with Gasteiger partial charge in [0.1, 0.15) is 11.3 Å². The summed E-state index contributed by atoms with van der Waals surface area (Å²) in [6, 6.07) is -0.537. The number of carbonyl (C=O) groups is 2. The summed E-state index contributed by atoms with van der Waals surface area (Å²) in [4.78, 5) is 26.6. The number of nitrogens with zero attached hydrogens (tertiary/aromatic N) is 3. The zero-order valence-corrected chi connectivity index (χ0v) is 13.6. The van der Waals surface area contributed by atoms with Gasteiger partial charge < -0.3 is 14.7 Å². The summed E-state index contributed by atoms with van der Waals surface area (Å²) in [6.45, 7) is 3.65. The number of hydrogen-bond donors (Lipinski definition) is 1. The largest absolute Gasteiger partial charge is 0.361 e. The van der Waals surface area contributed by atoms with Gasteiger partial charge in [0.2, 0.25) is 5.91 Å². The van der Waals surface area contributed by atoms with Crippen LogP contribution in [0.5, 0.6) is 0 Å². The summed E-state index contributed by atoms with van der Waals surface area (Å²) >= 11 is 0. The quantitative estimate of drug-likeness (QED) is 0.869. The van der Waals surface area contributed by atoms with Gasteiger partial charge in [-0.15, -0.1) is 0 Å². The standard InChI is InChI=1S/C15H20F2N4O3/c1-9-13(5-19-24-9)14(23)20-6-12(7-20)21-8-15(16,17)3-11(21)4-18-10(2)22/h5,11-12H,3-4,6-8H2,1-2H3,(H,18,22). The lowest BCUT2D eigenvalue weighted by Gasteiger charge is -2.45. The number of rotatable bonds is 4. The first kappa shape index (κ1) is 16.8. The number of carbonyl (C=O) groups excluding carboxylic acids is 2. The number of halogens is 2. The third-order valence-corrected chi connectivity index (χ3v) is 4.60. The van der Waals surface area contributed by atoms with Crippen molar-refractivity contribution in [2.45, 2.75) is 38.3 Å². The molecule has 1 aromatic rings. The molecule has 1 N–H and O–H groups in total. The Hall–Kier alpha value is -2.03. The molecule has 2 aliphatic heterocycles. The molecular formula is C15H20F2N4O3. The molecule has 3 heterocycles. The lowest BCUT2D eigenvalue weighted by atomic mass is 10.0. The first-order valence-electron chi connectivity index (χ1n) is 7.85. The van der Waals surface area contributed by atoms with Crippen LogP contribution in [0.15, 0.2) is 10.7 Å². The van der Waals surface area contributed by atoms with E-state index in [4.69, 9.17) is 4.52 Å². The fourth-order valence-corrected chi connectivity index (χ4v) is 3.31. The van der Waals surface area contributed by atoms with Gasteiger partial charge in [0.15, 0.2) is 0 Å². The Morgan fingerprint density at radius 1 is 1.46 bits per heavy atom. The van der Waals surface area contributed by atoms with Crippen LogP contribution in [-0.4, -0.2) is 71.0 Å².